The molecular formula is C16H23F3N6O. The number of fused-ring (bicyclic) bond motifs is 1. The van der Waals surface area contributed by atoms with E-state index in [4.69, 9.17) is 0 Å². The molecule has 144 valence electrons. The minimum atomic E-state index is -4.60. The molecule has 3 heterocycles. The Bertz CT molecular complexity index is 778. The summed E-state index contributed by atoms with van der Waals surface area (Å²) in [5.74, 6) is 1.47. The Morgan fingerprint density at radius 2 is 1.88 bits per heavy atom. The van der Waals surface area contributed by atoms with Gasteiger partial charge in [0, 0.05) is 31.1 Å². The molecule has 3 rings (SSSR count). The number of aliphatic hydroxyl groups excluding tert-OH is 1. The van der Waals surface area contributed by atoms with E-state index < -0.39 is 18.8 Å². The fourth-order valence-corrected chi connectivity index (χ4v) is 2.86. The molecule has 1 aliphatic heterocycles. The van der Waals surface area contributed by atoms with Crippen LogP contribution in [0.1, 0.15) is 26.6 Å². The van der Waals surface area contributed by atoms with Crippen LogP contribution in [0.3, 0.4) is 0 Å². The van der Waals surface area contributed by atoms with Crippen LogP contribution in [0.4, 0.5) is 19.0 Å². The summed E-state index contributed by atoms with van der Waals surface area (Å²) in [4.78, 5) is 3.51. The van der Waals surface area contributed by atoms with E-state index in [1.165, 1.54) is 4.90 Å². The van der Waals surface area contributed by atoms with Gasteiger partial charge in [0.1, 0.15) is 5.82 Å². The highest BCUT2D eigenvalue weighted by Crippen LogP contribution is 2.26. The van der Waals surface area contributed by atoms with Gasteiger partial charge in [0.05, 0.1) is 0 Å². The lowest BCUT2D eigenvalue weighted by atomic mass is 9.96. The van der Waals surface area contributed by atoms with Crippen LogP contribution in [-0.2, 0) is 5.41 Å². The molecule has 1 aliphatic rings. The Kier molecular flexibility index (Phi) is 4.60. The SMILES string of the molecule is CN(CC(O)C(F)(F)F)C1CN(c2ccc3nnc(C(C)(C)C)n3n2)C1. The first-order chi connectivity index (χ1) is 12.0. The highest BCUT2D eigenvalue weighted by molar-refractivity contribution is 5.48. The van der Waals surface area contributed by atoms with E-state index in [0.29, 0.717) is 18.7 Å². The monoisotopic (exact) mass is 372 g/mol. The topological polar surface area (TPSA) is 69.8 Å². The quantitative estimate of drug-likeness (QED) is 0.877. The van der Waals surface area contributed by atoms with Crippen molar-refractivity contribution in [2.75, 3.05) is 31.6 Å². The van der Waals surface area contributed by atoms with E-state index in [0.717, 1.165) is 11.6 Å². The van der Waals surface area contributed by atoms with Crippen molar-refractivity contribution in [1.82, 2.24) is 24.7 Å². The van der Waals surface area contributed by atoms with Crippen LogP contribution in [0.15, 0.2) is 12.1 Å². The molecule has 2 aromatic rings. The molecule has 0 radical (unpaired) electrons. The molecule has 1 unspecified atom stereocenters. The number of nitrogens with zero attached hydrogens (tertiary/aromatic N) is 6. The molecule has 1 atom stereocenters. The Balaban J connectivity index is 1.67. The zero-order chi connectivity index (χ0) is 19.3. The van der Waals surface area contributed by atoms with Crippen LogP contribution in [0.2, 0.25) is 0 Å². The van der Waals surface area contributed by atoms with Gasteiger partial charge in [-0.2, -0.15) is 17.7 Å². The standard InChI is InChI=1S/C16H23F3N6O/c1-15(2,3)14-21-20-12-5-6-13(22-25(12)14)24-7-10(8-24)23(4)9-11(26)16(17,18)19/h5-6,10-11,26H,7-9H2,1-4H3. The Hall–Kier alpha value is -1.94. The number of likely N-dealkylation sites (N-methyl/N-ethyl adjacent to an activating group) is 1. The van der Waals surface area contributed by atoms with Gasteiger partial charge in [0.15, 0.2) is 17.6 Å². The van der Waals surface area contributed by atoms with E-state index in [1.807, 2.05) is 37.8 Å². The summed E-state index contributed by atoms with van der Waals surface area (Å²) in [5.41, 5.74) is 0.442. The summed E-state index contributed by atoms with van der Waals surface area (Å²) >= 11 is 0. The Morgan fingerprint density at radius 1 is 1.23 bits per heavy atom. The predicted molar refractivity (Wildman–Crippen MR) is 90.2 cm³/mol. The van der Waals surface area contributed by atoms with Crippen molar-refractivity contribution in [2.45, 2.75) is 44.5 Å². The normalized spacial score (nSPS) is 17.8. The van der Waals surface area contributed by atoms with Crippen LogP contribution in [0.25, 0.3) is 5.65 Å². The molecule has 0 spiro atoms. The van der Waals surface area contributed by atoms with Crippen LogP contribution < -0.4 is 4.90 Å². The molecule has 1 fully saturated rings. The molecule has 7 nitrogen and oxygen atoms in total. The number of aromatic nitrogens is 4. The fraction of sp³-hybridized carbons (Fsp3) is 0.688. The fourth-order valence-electron chi connectivity index (χ4n) is 2.86. The van der Waals surface area contributed by atoms with Gasteiger partial charge in [-0.25, -0.2) is 0 Å². The lowest BCUT2D eigenvalue weighted by molar-refractivity contribution is -0.208. The number of anilines is 1. The summed E-state index contributed by atoms with van der Waals surface area (Å²) in [5, 5.41) is 22.1. The number of aliphatic hydroxyl groups is 1. The van der Waals surface area contributed by atoms with Crippen molar-refractivity contribution in [1.29, 1.82) is 0 Å². The summed E-state index contributed by atoms with van der Waals surface area (Å²) < 4.78 is 39.1. The first-order valence-corrected chi connectivity index (χ1v) is 8.39. The summed E-state index contributed by atoms with van der Waals surface area (Å²) in [6, 6.07) is 3.60. The van der Waals surface area contributed by atoms with Crippen molar-refractivity contribution in [3.05, 3.63) is 18.0 Å². The first kappa shape index (κ1) is 18.8. The number of halogens is 3. The average molecular weight is 372 g/mol. The van der Waals surface area contributed by atoms with E-state index in [-0.39, 0.29) is 11.5 Å². The molecule has 1 saturated heterocycles. The lowest BCUT2D eigenvalue weighted by Crippen LogP contribution is -2.60. The number of hydrogen-bond acceptors (Lipinski definition) is 6. The van der Waals surface area contributed by atoms with Crippen LogP contribution in [0, 0.1) is 0 Å². The predicted octanol–water partition coefficient (Wildman–Crippen LogP) is 1.47. The average Bonchev–Trinajstić information content (AvgIpc) is 2.87. The summed E-state index contributed by atoms with van der Waals surface area (Å²) in [7, 11) is 1.59. The third-order valence-corrected chi connectivity index (χ3v) is 4.57. The van der Waals surface area contributed by atoms with Gasteiger partial charge in [-0.05, 0) is 19.2 Å². The van der Waals surface area contributed by atoms with E-state index in [1.54, 1.807) is 11.6 Å². The van der Waals surface area contributed by atoms with Gasteiger partial charge in [0.25, 0.3) is 0 Å². The molecule has 26 heavy (non-hydrogen) atoms. The van der Waals surface area contributed by atoms with Crippen LogP contribution >= 0.6 is 0 Å². The van der Waals surface area contributed by atoms with E-state index >= 15 is 0 Å². The molecule has 10 heteroatoms. The van der Waals surface area contributed by atoms with Gasteiger partial charge in [0.2, 0.25) is 0 Å². The maximum absolute atomic E-state index is 12.5. The molecular weight excluding hydrogens is 349 g/mol. The lowest BCUT2D eigenvalue weighted by Gasteiger charge is -2.45. The molecule has 0 aliphatic carbocycles. The van der Waals surface area contributed by atoms with Gasteiger partial charge in [-0.1, -0.05) is 20.8 Å². The minimum absolute atomic E-state index is 0.0625. The third-order valence-electron chi connectivity index (χ3n) is 4.57. The van der Waals surface area contributed by atoms with Gasteiger partial charge < -0.3 is 10.0 Å². The number of hydrogen-bond donors (Lipinski definition) is 1. The van der Waals surface area contributed by atoms with Crippen LogP contribution in [0.5, 0.6) is 0 Å². The number of rotatable bonds is 4. The van der Waals surface area contributed by atoms with Crippen molar-refractivity contribution in [3.63, 3.8) is 0 Å². The highest BCUT2D eigenvalue weighted by atomic mass is 19.4. The van der Waals surface area contributed by atoms with Gasteiger partial charge in [-0.15, -0.1) is 15.3 Å². The van der Waals surface area contributed by atoms with Crippen molar-refractivity contribution >= 4 is 11.5 Å². The Labute approximate surface area is 149 Å². The minimum Gasteiger partial charge on any atom is -0.382 e. The van der Waals surface area contributed by atoms with Crippen molar-refractivity contribution in [3.8, 4) is 0 Å². The highest BCUT2D eigenvalue weighted by Gasteiger charge is 2.41. The van der Waals surface area contributed by atoms with Gasteiger partial charge in [-0.3, -0.25) is 4.90 Å². The largest absolute Gasteiger partial charge is 0.415 e. The van der Waals surface area contributed by atoms with Gasteiger partial charge >= 0.3 is 6.18 Å². The van der Waals surface area contributed by atoms with Crippen molar-refractivity contribution in [2.24, 2.45) is 0 Å². The maximum atomic E-state index is 12.5. The smallest absolute Gasteiger partial charge is 0.382 e. The van der Waals surface area contributed by atoms with Crippen molar-refractivity contribution < 1.29 is 18.3 Å². The molecule has 0 amide bonds. The zero-order valence-electron chi connectivity index (χ0n) is 15.2. The second-order valence-corrected chi connectivity index (χ2v) is 7.79. The molecule has 2 aromatic heterocycles. The third kappa shape index (κ3) is 3.61. The zero-order valence-corrected chi connectivity index (χ0v) is 15.2. The van der Waals surface area contributed by atoms with E-state index in [9.17, 15) is 18.3 Å². The van der Waals surface area contributed by atoms with Crippen LogP contribution in [-0.4, -0.2) is 74.8 Å². The molecule has 0 saturated carbocycles. The molecule has 0 bridgehead atoms. The maximum Gasteiger partial charge on any atom is 0.415 e. The summed E-state index contributed by atoms with van der Waals surface area (Å²) in [6.45, 7) is 6.74. The molecule has 1 N–H and O–H groups in total. The Morgan fingerprint density at radius 3 is 2.46 bits per heavy atom. The second-order valence-electron chi connectivity index (χ2n) is 7.79. The summed E-state index contributed by atoms with van der Waals surface area (Å²) in [6.07, 6.45) is -6.93. The number of alkyl halides is 3. The van der Waals surface area contributed by atoms with E-state index in [2.05, 4.69) is 15.3 Å². The molecule has 0 aromatic carbocycles. The first-order valence-electron chi connectivity index (χ1n) is 8.39. The second kappa shape index (κ2) is 6.34.